The van der Waals surface area contributed by atoms with Crippen molar-refractivity contribution in [1.82, 2.24) is 4.98 Å². The lowest BCUT2D eigenvalue weighted by molar-refractivity contribution is -0.118. The molecule has 7 heteroatoms. The van der Waals surface area contributed by atoms with Crippen LogP contribution in [0, 0.1) is 11.6 Å². The molecule has 0 atom stereocenters. The van der Waals surface area contributed by atoms with E-state index < -0.39 is 17.0 Å². The first-order chi connectivity index (χ1) is 14.0. The summed E-state index contributed by atoms with van der Waals surface area (Å²) in [7, 11) is 0. The monoisotopic (exact) mass is 396 g/mol. The molecular weight excluding hydrogens is 378 g/mol. The van der Waals surface area contributed by atoms with Gasteiger partial charge in [0.15, 0.2) is 11.5 Å². The van der Waals surface area contributed by atoms with Crippen molar-refractivity contribution < 1.29 is 24.5 Å². The van der Waals surface area contributed by atoms with Gasteiger partial charge in [-0.05, 0) is 54.8 Å². The van der Waals surface area contributed by atoms with E-state index in [1.807, 2.05) is 12.1 Å². The number of ether oxygens (including phenoxy) is 2. The molecule has 3 aromatic rings. The van der Waals surface area contributed by atoms with E-state index >= 15 is 0 Å². The van der Waals surface area contributed by atoms with E-state index in [1.165, 1.54) is 12.1 Å². The molecule has 1 amide bonds. The van der Waals surface area contributed by atoms with E-state index in [4.69, 9.17) is 9.47 Å². The third kappa shape index (κ3) is 3.08. The highest BCUT2D eigenvalue weighted by molar-refractivity contribution is 6.01. The SMILES string of the molecule is O=C(Nc1cccc(-c2ccc(F)cc2F)n1)C1(c2ccc3c(c2)OCO3)CC1.[HH]. The summed E-state index contributed by atoms with van der Waals surface area (Å²) in [6.07, 6.45) is 1.43. The normalized spacial score (nSPS) is 15.8. The minimum atomic E-state index is -0.708. The van der Waals surface area contributed by atoms with Crippen LogP contribution in [-0.4, -0.2) is 17.7 Å². The third-order valence-electron chi connectivity index (χ3n) is 5.31. The summed E-state index contributed by atoms with van der Waals surface area (Å²) >= 11 is 0. The van der Waals surface area contributed by atoms with Gasteiger partial charge in [-0.25, -0.2) is 13.8 Å². The molecule has 2 heterocycles. The molecule has 2 aliphatic rings. The number of hydrogen-bond donors (Lipinski definition) is 1. The summed E-state index contributed by atoms with van der Waals surface area (Å²) in [5.41, 5.74) is 0.701. The fraction of sp³-hybridized carbons (Fsp3) is 0.182. The molecule has 0 unspecified atom stereocenters. The molecule has 29 heavy (non-hydrogen) atoms. The minimum absolute atomic E-state index is 0. The molecule has 1 aliphatic carbocycles. The highest BCUT2D eigenvalue weighted by Crippen LogP contribution is 2.51. The first-order valence-electron chi connectivity index (χ1n) is 9.19. The average molecular weight is 396 g/mol. The first-order valence-corrected chi connectivity index (χ1v) is 9.19. The Hall–Kier alpha value is -3.48. The average Bonchev–Trinajstić information content (AvgIpc) is 3.39. The molecule has 0 spiro atoms. The third-order valence-corrected chi connectivity index (χ3v) is 5.31. The van der Waals surface area contributed by atoms with E-state index in [2.05, 4.69) is 10.3 Å². The lowest BCUT2D eigenvalue weighted by Crippen LogP contribution is -2.28. The van der Waals surface area contributed by atoms with Crippen LogP contribution in [0.1, 0.15) is 19.8 Å². The van der Waals surface area contributed by atoms with Crippen molar-refractivity contribution in [2.75, 3.05) is 12.1 Å². The number of rotatable bonds is 4. The van der Waals surface area contributed by atoms with Crippen molar-refractivity contribution in [1.29, 1.82) is 0 Å². The van der Waals surface area contributed by atoms with Crippen molar-refractivity contribution in [2.45, 2.75) is 18.3 Å². The van der Waals surface area contributed by atoms with Crippen molar-refractivity contribution in [3.05, 3.63) is 71.8 Å². The summed E-state index contributed by atoms with van der Waals surface area (Å²) in [5, 5.41) is 2.83. The molecule has 0 saturated heterocycles. The van der Waals surface area contributed by atoms with Gasteiger partial charge in [-0.15, -0.1) is 0 Å². The Kier molecular flexibility index (Phi) is 3.97. The van der Waals surface area contributed by atoms with Gasteiger partial charge in [0.05, 0.1) is 11.1 Å². The summed E-state index contributed by atoms with van der Waals surface area (Å²) in [6, 6.07) is 13.7. The smallest absolute Gasteiger partial charge is 0.236 e. The Morgan fingerprint density at radius 1 is 1.03 bits per heavy atom. The topological polar surface area (TPSA) is 60.5 Å². The summed E-state index contributed by atoms with van der Waals surface area (Å²) in [4.78, 5) is 17.3. The highest BCUT2D eigenvalue weighted by Gasteiger charge is 2.51. The molecule has 5 rings (SSSR count). The van der Waals surface area contributed by atoms with Crippen LogP contribution in [-0.2, 0) is 10.2 Å². The highest BCUT2D eigenvalue weighted by atomic mass is 19.1. The van der Waals surface area contributed by atoms with Crippen LogP contribution in [0.15, 0.2) is 54.6 Å². The Balaban J connectivity index is 0.00000218. The predicted octanol–water partition coefficient (Wildman–Crippen LogP) is 4.67. The maximum absolute atomic E-state index is 14.1. The number of anilines is 1. The van der Waals surface area contributed by atoms with Crippen LogP contribution in [0.2, 0.25) is 0 Å². The van der Waals surface area contributed by atoms with Gasteiger partial charge in [-0.1, -0.05) is 12.1 Å². The van der Waals surface area contributed by atoms with Gasteiger partial charge in [0.2, 0.25) is 12.7 Å². The molecular formula is C22H18F2N2O3. The molecule has 1 aromatic heterocycles. The Bertz CT molecular complexity index is 1140. The zero-order valence-electron chi connectivity index (χ0n) is 15.2. The molecule has 0 bridgehead atoms. The van der Waals surface area contributed by atoms with Crippen molar-refractivity contribution in [3.8, 4) is 22.8 Å². The molecule has 1 aliphatic heterocycles. The number of nitrogens with zero attached hydrogens (tertiary/aromatic N) is 1. The minimum Gasteiger partial charge on any atom is -0.454 e. The number of amides is 1. The molecule has 2 aromatic carbocycles. The molecule has 148 valence electrons. The van der Waals surface area contributed by atoms with Crippen LogP contribution < -0.4 is 14.8 Å². The van der Waals surface area contributed by atoms with Gasteiger partial charge in [0, 0.05) is 13.1 Å². The van der Waals surface area contributed by atoms with E-state index in [9.17, 15) is 13.6 Å². The number of aromatic nitrogens is 1. The second-order valence-electron chi connectivity index (χ2n) is 7.14. The largest absolute Gasteiger partial charge is 0.454 e. The van der Waals surface area contributed by atoms with Crippen LogP contribution >= 0.6 is 0 Å². The lowest BCUT2D eigenvalue weighted by atomic mass is 9.94. The van der Waals surface area contributed by atoms with E-state index in [-0.39, 0.29) is 19.7 Å². The van der Waals surface area contributed by atoms with Crippen LogP contribution in [0.4, 0.5) is 14.6 Å². The Morgan fingerprint density at radius 2 is 1.86 bits per heavy atom. The fourth-order valence-corrected chi connectivity index (χ4v) is 3.55. The van der Waals surface area contributed by atoms with Crippen LogP contribution in [0.3, 0.4) is 0 Å². The number of benzene rings is 2. The van der Waals surface area contributed by atoms with Crippen LogP contribution in [0.5, 0.6) is 11.5 Å². The van der Waals surface area contributed by atoms with Gasteiger partial charge in [-0.3, -0.25) is 4.79 Å². The quantitative estimate of drug-likeness (QED) is 0.696. The lowest BCUT2D eigenvalue weighted by Gasteiger charge is -2.16. The second kappa shape index (κ2) is 6.55. The number of fused-ring (bicyclic) bond motifs is 1. The summed E-state index contributed by atoms with van der Waals surface area (Å²) in [5.74, 6) is 0.0630. The second-order valence-corrected chi connectivity index (χ2v) is 7.14. The Morgan fingerprint density at radius 3 is 2.66 bits per heavy atom. The van der Waals surface area contributed by atoms with E-state index in [1.54, 1.807) is 24.3 Å². The zero-order chi connectivity index (χ0) is 20.0. The summed E-state index contributed by atoms with van der Waals surface area (Å²) < 4.78 is 38.0. The van der Waals surface area contributed by atoms with Crippen molar-refractivity contribution in [3.63, 3.8) is 0 Å². The number of nitrogens with one attached hydrogen (secondary N) is 1. The molecule has 0 radical (unpaired) electrons. The van der Waals surface area contributed by atoms with E-state index in [0.717, 1.165) is 11.6 Å². The zero-order valence-corrected chi connectivity index (χ0v) is 15.2. The van der Waals surface area contributed by atoms with Gasteiger partial charge in [0.25, 0.3) is 0 Å². The number of halogens is 2. The number of pyridine rings is 1. The first kappa shape index (κ1) is 17.6. The summed E-state index contributed by atoms with van der Waals surface area (Å²) in [6.45, 7) is 0.175. The van der Waals surface area contributed by atoms with Gasteiger partial charge < -0.3 is 14.8 Å². The predicted molar refractivity (Wildman–Crippen MR) is 104 cm³/mol. The molecule has 1 fully saturated rings. The molecule has 5 nitrogen and oxygen atoms in total. The Labute approximate surface area is 166 Å². The standard InChI is InChI=1S/C22H16F2N2O3.H2/c23-14-5-6-15(16(24)11-14)17-2-1-3-20(25-17)26-21(27)22(8-9-22)13-4-7-18-19(10-13)29-12-28-18;/h1-7,10-11H,8-9,12H2,(H,25,26,27);1H. The number of hydrogen-bond acceptors (Lipinski definition) is 4. The number of carbonyl (C=O) groups excluding carboxylic acids is 1. The van der Waals surface area contributed by atoms with Crippen molar-refractivity contribution in [2.24, 2.45) is 0 Å². The molecule has 1 saturated carbocycles. The molecule has 1 N–H and O–H groups in total. The van der Waals surface area contributed by atoms with Crippen LogP contribution in [0.25, 0.3) is 11.3 Å². The maximum atomic E-state index is 14.1. The fourth-order valence-electron chi connectivity index (χ4n) is 3.55. The maximum Gasteiger partial charge on any atom is 0.236 e. The van der Waals surface area contributed by atoms with Gasteiger partial charge in [-0.2, -0.15) is 0 Å². The van der Waals surface area contributed by atoms with Gasteiger partial charge in [0.1, 0.15) is 17.5 Å². The van der Waals surface area contributed by atoms with E-state index in [0.29, 0.717) is 35.9 Å². The number of carbonyl (C=O) groups is 1. The van der Waals surface area contributed by atoms with Crippen molar-refractivity contribution >= 4 is 11.7 Å². The van der Waals surface area contributed by atoms with Gasteiger partial charge >= 0.3 is 0 Å².